The standard InChI is InChI=1S/C21H26N6/c1-14-9-15(2)12-27(11-14)13-19-24-20(22)26-21(25-19)23-18-8-7-16-5-3-4-6-17(16)10-18/h3-8,10,14-15H,9,11-13H2,1-2H3,(H3,22,23,24,25,26)/t14-,15+. The van der Waals surface area contributed by atoms with E-state index in [2.05, 4.69) is 63.3 Å². The summed E-state index contributed by atoms with van der Waals surface area (Å²) in [7, 11) is 0. The maximum absolute atomic E-state index is 5.94. The largest absolute Gasteiger partial charge is 0.368 e. The van der Waals surface area contributed by atoms with Gasteiger partial charge in [0, 0.05) is 18.8 Å². The number of benzene rings is 2. The van der Waals surface area contributed by atoms with Crippen molar-refractivity contribution in [1.29, 1.82) is 0 Å². The van der Waals surface area contributed by atoms with E-state index in [1.807, 2.05) is 18.2 Å². The van der Waals surface area contributed by atoms with Crippen molar-refractivity contribution in [2.24, 2.45) is 11.8 Å². The van der Waals surface area contributed by atoms with Crippen molar-refractivity contribution in [2.75, 3.05) is 24.1 Å². The molecule has 1 aliphatic heterocycles. The highest BCUT2D eigenvalue weighted by Crippen LogP contribution is 2.23. The van der Waals surface area contributed by atoms with Gasteiger partial charge in [0.2, 0.25) is 11.9 Å². The number of hydrogen-bond acceptors (Lipinski definition) is 6. The summed E-state index contributed by atoms with van der Waals surface area (Å²) >= 11 is 0. The van der Waals surface area contributed by atoms with Gasteiger partial charge in [0.05, 0.1) is 6.54 Å². The summed E-state index contributed by atoms with van der Waals surface area (Å²) in [6, 6.07) is 14.5. The molecule has 0 unspecified atom stereocenters. The van der Waals surface area contributed by atoms with Crippen molar-refractivity contribution >= 4 is 28.4 Å². The normalized spacial score (nSPS) is 20.7. The van der Waals surface area contributed by atoms with Gasteiger partial charge in [-0.1, -0.05) is 44.2 Å². The zero-order valence-corrected chi connectivity index (χ0v) is 15.9. The second-order valence-corrected chi connectivity index (χ2v) is 7.76. The van der Waals surface area contributed by atoms with Gasteiger partial charge in [0.1, 0.15) is 5.82 Å². The highest BCUT2D eigenvalue weighted by molar-refractivity contribution is 5.86. The van der Waals surface area contributed by atoms with Gasteiger partial charge in [0.25, 0.3) is 0 Å². The van der Waals surface area contributed by atoms with Crippen molar-refractivity contribution in [1.82, 2.24) is 19.9 Å². The van der Waals surface area contributed by atoms with Crippen molar-refractivity contribution in [2.45, 2.75) is 26.8 Å². The van der Waals surface area contributed by atoms with E-state index >= 15 is 0 Å². The van der Waals surface area contributed by atoms with Crippen LogP contribution in [0.15, 0.2) is 42.5 Å². The summed E-state index contributed by atoms with van der Waals surface area (Å²) in [5, 5.41) is 5.64. The Kier molecular flexibility index (Phi) is 4.90. The van der Waals surface area contributed by atoms with Gasteiger partial charge in [-0.15, -0.1) is 0 Å². The molecule has 3 aromatic rings. The van der Waals surface area contributed by atoms with Crippen molar-refractivity contribution < 1.29 is 0 Å². The molecule has 140 valence electrons. The molecule has 1 aliphatic rings. The fraction of sp³-hybridized carbons (Fsp3) is 0.381. The predicted molar refractivity (Wildman–Crippen MR) is 110 cm³/mol. The van der Waals surface area contributed by atoms with Crippen LogP contribution in [-0.4, -0.2) is 32.9 Å². The number of anilines is 3. The Morgan fingerprint density at radius 3 is 2.52 bits per heavy atom. The van der Waals surface area contributed by atoms with E-state index in [9.17, 15) is 0 Å². The molecule has 2 atom stereocenters. The predicted octanol–water partition coefficient (Wildman–Crippen LogP) is 3.83. The number of rotatable bonds is 4. The number of fused-ring (bicyclic) bond motifs is 1. The van der Waals surface area contributed by atoms with Crippen LogP contribution in [0.3, 0.4) is 0 Å². The first kappa shape index (κ1) is 17.7. The molecule has 0 bridgehead atoms. The Morgan fingerprint density at radius 2 is 1.74 bits per heavy atom. The Labute approximate surface area is 159 Å². The van der Waals surface area contributed by atoms with Crippen LogP contribution in [0.25, 0.3) is 10.8 Å². The zero-order chi connectivity index (χ0) is 18.8. The average molecular weight is 362 g/mol. The minimum atomic E-state index is 0.251. The number of nitrogens with two attached hydrogens (primary N) is 1. The maximum Gasteiger partial charge on any atom is 0.232 e. The minimum absolute atomic E-state index is 0.251. The zero-order valence-electron chi connectivity index (χ0n) is 15.9. The third kappa shape index (κ3) is 4.34. The van der Waals surface area contributed by atoms with Gasteiger partial charge in [-0.2, -0.15) is 15.0 Å². The Morgan fingerprint density at radius 1 is 1.00 bits per heavy atom. The number of nitrogens with zero attached hydrogens (tertiary/aromatic N) is 4. The summed E-state index contributed by atoms with van der Waals surface area (Å²) in [6.07, 6.45) is 1.28. The average Bonchev–Trinajstić information content (AvgIpc) is 2.60. The molecule has 6 nitrogen and oxygen atoms in total. The van der Waals surface area contributed by atoms with Crippen LogP contribution in [0.4, 0.5) is 17.6 Å². The number of piperidine rings is 1. The third-order valence-electron chi connectivity index (χ3n) is 5.01. The van der Waals surface area contributed by atoms with Crippen LogP contribution in [-0.2, 0) is 6.54 Å². The first-order chi connectivity index (χ1) is 13.0. The van der Waals surface area contributed by atoms with E-state index in [-0.39, 0.29) is 5.95 Å². The van der Waals surface area contributed by atoms with Crippen LogP contribution in [0, 0.1) is 11.8 Å². The van der Waals surface area contributed by atoms with Gasteiger partial charge >= 0.3 is 0 Å². The monoisotopic (exact) mass is 362 g/mol. The van der Waals surface area contributed by atoms with Crippen LogP contribution in [0.1, 0.15) is 26.1 Å². The number of likely N-dealkylation sites (tertiary alicyclic amines) is 1. The summed E-state index contributed by atoms with van der Waals surface area (Å²) in [5.74, 6) is 2.85. The molecule has 2 aromatic carbocycles. The van der Waals surface area contributed by atoms with E-state index in [1.165, 1.54) is 17.2 Å². The Hall–Kier alpha value is -2.73. The first-order valence-corrected chi connectivity index (χ1v) is 9.54. The fourth-order valence-corrected chi connectivity index (χ4v) is 4.08. The van der Waals surface area contributed by atoms with Gasteiger partial charge in [-0.3, -0.25) is 4.90 Å². The molecule has 6 heteroatoms. The van der Waals surface area contributed by atoms with E-state index in [1.54, 1.807) is 0 Å². The fourth-order valence-electron chi connectivity index (χ4n) is 4.08. The molecule has 2 heterocycles. The number of nitrogens with one attached hydrogen (secondary N) is 1. The second-order valence-electron chi connectivity index (χ2n) is 7.76. The van der Waals surface area contributed by atoms with E-state index in [0.717, 1.165) is 18.8 Å². The molecule has 27 heavy (non-hydrogen) atoms. The lowest BCUT2D eigenvalue weighted by Crippen LogP contribution is -2.38. The third-order valence-corrected chi connectivity index (χ3v) is 5.01. The Balaban J connectivity index is 1.52. The molecule has 4 rings (SSSR count). The molecule has 1 fully saturated rings. The van der Waals surface area contributed by atoms with Crippen LogP contribution in [0.2, 0.25) is 0 Å². The second kappa shape index (κ2) is 7.48. The lowest BCUT2D eigenvalue weighted by atomic mass is 9.92. The number of hydrogen-bond donors (Lipinski definition) is 2. The highest BCUT2D eigenvalue weighted by Gasteiger charge is 2.22. The van der Waals surface area contributed by atoms with Gasteiger partial charge < -0.3 is 11.1 Å². The summed E-state index contributed by atoms with van der Waals surface area (Å²) < 4.78 is 0. The topological polar surface area (TPSA) is 80.0 Å². The van der Waals surface area contributed by atoms with Crippen LogP contribution >= 0.6 is 0 Å². The van der Waals surface area contributed by atoms with Crippen molar-refractivity contribution in [3.8, 4) is 0 Å². The molecular formula is C21H26N6. The van der Waals surface area contributed by atoms with E-state index in [4.69, 9.17) is 5.73 Å². The Bertz CT molecular complexity index is 931. The van der Waals surface area contributed by atoms with E-state index < -0.39 is 0 Å². The van der Waals surface area contributed by atoms with Gasteiger partial charge in [-0.25, -0.2) is 0 Å². The van der Waals surface area contributed by atoms with Crippen LogP contribution in [0.5, 0.6) is 0 Å². The number of aromatic nitrogens is 3. The molecule has 0 radical (unpaired) electrons. The van der Waals surface area contributed by atoms with Crippen molar-refractivity contribution in [3.05, 3.63) is 48.3 Å². The molecule has 0 aliphatic carbocycles. The molecule has 1 aromatic heterocycles. The lowest BCUT2D eigenvalue weighted by Gasteiger charge is -2.34. The maximum atomic E-state index is 5.94. The lowest BCUT2D eigenvalue weighted by molar-refractivity contribution is 0.131. The molecule has 0 amide bonds. The molecule has 0 saturated carbocycles. The quantitative estimate of drug-likeness (QED) is 0.734. The summed E-state index contributed by atoms with van der Waals surface area (Å²) in [6.45, 7) is 7.45. The molecule has 0 spiro atoms. The summed E-state index contributed by atoms with van der Waals surface area (Å²) in [4.78, 5) is 15.6. The molecular weight excluding hydrogens is 336 g/mol. The smallest absolute Gasteiger partial charge is 0.232 e. The SMILES string of the molecule is C[C@@H]1C[C@H](C)CN(Cc2nc(N)nc(Nc3ccc4ccccc4c3)n2)C1. The van der Waals surface area contributed by atoms with E-state index in [0.29, 0.717) is 30.2 Å². The highest BCUT2D eigenvalue weighted by atomic mass is 15.2. The minimum Gasteiger partial charge on any atom is -0.368 e. The molecule has 3 N–H and O–H groups in total. The van der Waals surface area contributed by atoms with Crippen molar-refractivity contribution in [3.63, 3.8) is 0 Å². The van der Waals surface area contributed by atoms with Crippen LogP contribution < -0.4 is 11.1 Å². The van der Waals surface area contributed by atoms with Gasteiger partial charge in [-0.05, 0) is 41.2 Å². The summed E-state index contributed by atoms with van der Waals surface area (Å²) in [5.41, 5.74) is 6.88. The molecule has 1 saturated heterocycles. The number of nitrogen functional groups attached to an aromatic ring is 1. The first-order valence-electron chi connectivity index (χ1n) is 9.54. The van der Waals surface area contributed by atoms with Gasteiger partial charge in [0.15, 0.2) is 0 Å².